The van der Waals surface area contributed by atoms with Gasteiger partial charge in [0.1, 0.15) is 6.10 Å². The summed E-state index contributed by atoms with van der Waals surface area (Å²) in [4.78, 5) is 44.4. The van der Waals surface area contributed by atoms with Gasteiger partial charge >= 0.3 is 11.9 Å². The number of hydrogen-bond donors (Lipinski definition) is 2. The molecular formula is C47H68N2O5. The molecule has 1 aromatic heterocycles. The number of hydrogen-bond acceptors (Lipinski definition) is 5. The lowest BCUT2D eigenvalue weighted by atomic mass is 9.32. The minimum atomic E-state index is -1.15. The van der Waals surface area contributed by atoms with Crippen molar-refractivity contribution in [3.63, 3.8) is 0 Å². The van der Waals surface area contributed by atoms with E-state index in [1.807, 2.05) is 24.3 Å². The third-order valence-electron chi connectivity index (χ3n) is 17.0. The lowest BCUT2D eigenvalue weighted by Crippen LogP contribution is -2.67. The van der Waals surface area contributed by atoms with E-state index in [0.717, 1.165) is 80.8 Å². The van der Waals surface area contributed by atoms with Crippen LogP contribution in [0.4, 0.5) is 0 Å². The highest BCUT2D eigenvalue weighted by molar-refractivity contribution is 5.84. The number of carboxylic acid groups (broad SMARTS) is 1. The van der Waals surface area contributed by atoms with E-state index in [0.29, 0.717) is 30.2 Å². The molecule has 0 bridgehead atoms. The molecule has 1 heterocycles. The number of pyridine rings is 1. The Morgan fingerprint density at radius 3 is 2.31 bits per heavy atom. The van der Waals surface area contributed by atoms with Gasteiger partial charge in [-0.15, -0.1) is 0 Å². The maximum Gasteiger partial charge on any atom is 0.309 e. The number of carbonyl (C=O) groups excluding carboxylic acids is 2. The number of rotatable bonds is 8. The fourth-order valence-corrected chi connectivity index (χ4v) is 13.9. The number of fused-ring (bicyclic) bond motifs is 8. The van der Waals surface area contributed by atoms with Crippen molar-refractivity contribution in [2.45, 2.75) is 146 Å². The summed E-state index contributed by atoms with van der Waals surface area (Å²) in [7, 11) is 0. The molecule has 5 fully saturated rings. The molecule has 0 radical (unpaired) electrons. The Morgan fingerprint density at radius 2 is 1.61 bits per heavy atom. The molecule has 1 aromatic carbocycles. The first-order valence-corrected chi connectivity index (χ1v) is 20.5. The zero-order chi connectivity index (χ0) is 38.4. The van der Waals surface area contributed by atoms with Crippen LogP contribution in [0.5, 0.6) is 0 Å². The molecule has 7 nitrogen and oxygen atoms in total. The lowest BCUT2D eigenvalue weighted by Gasteiger charge is -2.72. The van der Waals surface area contributed by atoms with Crippen molar-refractivity contribution in [2.24, 2.45) is 62.1 Å². The highest BCUT2D eigenvalue weighted by Gasteiger charge is 2.72. The van der Waals surface area contributed by atoms with Crippen LogP contribution in [0.15, 0.2) is 48.6 Å². The standard InChI is InChI=1S/C46H64N2O5.CH4/c1-28(2)31-18-23-46(39(50)47-27-30-15-14-29-12-10-11-13-33(29)48-30)25-24-44(8)32(38(31)46)16-17-35-43(7)21-20-36(53-37(49)26-41(3,4)40(51)52)42(5,6)34(43)19-22-45(35,44)9;/h10-15,31-32,34-36,38H,1,16-27H2,2-9H3,(H,47,50)(H,51,52);1H4/t31-,32+,34-,35+,36-,38+,43-,44+,45+,46-;/m0./s1. The molecule has 0 unspecified atom stereocenters. The van der Waals surface area contributed by atoms with Crippen LogP contribution in [0.2, 0.25) is 0 Å². The Hall–Kier alpha value is -3.22. The third-order valence-corrected chi connectivity index (χ3v) is 17.0. The number of allylic oxidation sites excluding steroid dienone is 1. The van der Waals surface area contributed by atoms with E-state index in [4.69, 9.17) is 9.72 Å². The number of nitrogens with one attached hydrogen (secondary N) is 1. The monoisotopic (exact) mass is 741 g/mol. The number of aromatic nitrogens is 1. The largest absolute Gasteiger partial charge is 0.481 e. The van der Waals surface area contributed by atoms with Gasteiger partial charge < -0.3 is 15.2 Å². The van der Waals surface area contributed by atoms with E-state index < -0.39 is 17.4 Å². The molecule has 0 aliphatic heterocycles. The first-order chi connectivity index (χ1) is 24.8. The topological polar surface area (TPSA) is 106 Å². The summed E-state index contributed by atoms with van der Waals surface area (Å²) in [5, 5.41) is 14.1. The van der Waals surface area contributed by atoms with Crippen LogP contribution in [0, 0.1) is 62.1 Å². The number of esters is 1. The molecule has 5 saturated carbocycles. The highest BCUT2D eigenvalue weighted by Crippen LogP contribution is 2.77. The Bertz CT molecular complexity index is 1820. The molecular weight excluding hydrogens is 673 g/mol. The van der Waals surface area contributed by atoms with Crippen LogP contribution >= 0.6 is 0 Å². The molecule has 2 N–H and O–H groups in total. The molecule has 0 spiro atoms. The molecule has 0 saturated heterocycles. The van der Waals surface area contributed by atoms with E-state index in [9.17, 15) is 19.5 Å². The van der Waals surface area contributed by atoms with Crippen LogP contribution < -0.4 is 5.32 Å². The minimum absolute atomic E-state index is 0. The third kappa shape index (κ3) is 6.04. The molecule has 1 amide bonds. The smallest absolute Gasteiger partial charge is 0.309 e. The van der Waals surface area contributed by atoms with Gasteiger partial charge in [0.25, 0.3) is 0 Å². The molecule has 7 rings (SSSR count). The first-order valence-electron chi connectivity index (χ1n) is 20.5. The van der Waals surface area contributed by atoms with E-state index in [1.54, 1.807) is 13.8 Å². The predicted molar refractivity (Wildman–Crippen MR) is 215 cm³/mol. The molecule has 296 valence electrons. The van der Waals surface area contributed by atoms with E-state index >= 15 is 0 Å². The number of ether oxygens (including phenoxy) is 1. The minimum Gasteiger partial charge on any atom is -0.481 e. The van der Waals surface area contributed by atoms with E-state index in [2.05, 4.69) is 65.6 Å². The number of benzene rings is 1. The van der Waals surface area contributed by atoms with Crippen molar-refractivity contribution >= 4 is 28.7 Å². The van der Waals surface area contributed by atoms with Gasteiger partial charge in [-0.05, 0) is 143 Å². The summed E-state index contributed by atoms with van der Waals surface area (Å²) in [5.74, 6) is 0.869. The Balaban J connectivity index is 0.00000497. The van der Waals surface area contributed by atoms with Crippen LogP contribution in [-0.2, 0) is 25.7 Å². The Labute approximate surface area is 324 Å². The molecule has 2 aromatic rings. The maximum absolute atomic E-state index is 14.6. The molecule has 5 aliphatic rings. The second kappa shape index (κ2) is 13.8. The van der Waals surface area contributed by atoms with Crippen LogP contribution in [0.1, 0.15) is 139 Å². The predicted octanol–water partition coefficient (Wildman–Crippen LogP) is 10.6. The van der Waals surface area contributed by atoms with Crippen molar-refractivity contribution in [1.82, 2.24) is 10.3 Å². The van der Waals surface area contributed by atoms with Gasteiger partial charge in [0.15, 0.2) is 0 Å². The van der Waals surface area contributed by atoms with Crippen molar-refractivity contribution < 1.29 is 24.2 Å². The number of aliphatic carboxylic acids is 1. The van der Waals surface area contributed by atoms with Crippen molar-refractivity contribution in [1.29, 1.82) is 0 Å². The average molecular weight is 741 g/mol. The molecule has 10 atom stereocenters. The first kappa shape index (κ1) is 40.4. The fraction of sp³-hybridized carbons (Fsp3) is 0.702. The SMILES string of the molecule is C.C=C(C)[C@@H]1CC[C@]2(C(=O)NCc3ccc4ccccc4n3)CC[C@]3(C)[C@H](CC[C@@H]4[C@@]5(C)CC[C@H](OC(=O)CC(C)(C)C(=O)O)C(C)(C)[C@@H]5CC[C@]43C)[C@@H]12. The second-order valence-electron chi connectivity index (χ2n) is 20.2. The van der Waals surface area contributed by atoms with Crippen LogP contribution in [0.25, 0.3) is 10.9 Å². The molecule has 7 heteroatoms. The summed E-state index contributed by atoms with van der Waals surface area (Å²) in [5.41, 5.74) is 1.68. The summed E-state index contributed by atoms with van der Waals surface area (Å²) < 4.78 is 6.18. The fourth-order valence-electron chi connectivity index (χ4n) is 13.9. The molecule has 54 heavy (non-hydrogen) atoms. The van der Waals surface area contributed by atoms with Gasteiger partial charge in [0.2, 0.25) is 5.91 Å². The van der Waals surface area contributed by atoms with Gasteiger partial charge in [0.05, 0.1) is 35.0 Å². The zero-order valence-corrected chi connectivity index (χ0v) is 33.6. The van der Waals surface area contributed by atoms with Gasteiger partial charge in [-0.3, -0.25) is 19.4 Å². The summed E-state index contributed by atoms with van der Waals surface area (Å²) in [6.07, 6.45) is 9.95. The number of carboxylic acids is 1. The van der Waals surface area contributed by atoms with Gasteiger partial charge in [-0.25, -0.2) is 0 Å². The van der Waals surface area contributed by atoms with Crippen molar-refractivity contribution in [3.8, 4) is 0 Å². The van der Waals surface area contributed by atoms with Gasteiger partial charge in [-0.1, -0.05) is 78.5 Å². The highest BCUT2D eigenvalue weighted by atomic mass is 16.5. The normalized spacial score (nSPS) is 38.1. The summed E-state index contributed by atoms with van der Waals surface area (Å²) >= 11 is 0. The van der Waals surface area contributed by atoms with E-state index in [-0.39, 0.29) is 58.9 Å². The summed E-state index contributed by atoms with van der Waals surface area (Å²) in [6.45, 7) is 22.7. The Kier molecular flexibility index (Phi) is 10.3. The quantitative estimate of drug-likeness (QED) is 0.206. The summed E-state index contributed by atoms with van der Waals surface area (Å²) in [6, 6.07) is 12.3. The number of para-hydroxylation sites is 1. The Morgan fingerprint density at radius 1 is 0.889 bits per heavy atom. The number of amides is 1. The van der Waals surface area contributed by atoms with Crippen LogP contribution in [-0.4, -0.2) is 34.0 Å². The van der Waals surface area contributed by atoms with Gasteiger partial charge in [0, 0.05) is 10.8 Å². The maximum atomic E-state index is 14.6. The zero-order valence-electron chi connectivity index (χ0n) is 33.6. The lowest BCUT2D eigenvalue weighted by molar-refractivity contribution is -0.249. The average Bonchev–Trinajstić information content (AvgIpc) is 3.50. The van der Waals surface area contributed by atoms with Crippen LogP contribution in [0.3, 0.4) is 0 Å². The van der Waals surface area contributed by atoms with E-state index in [1.165, 1.54) is 5.57 Å². The van der Waals surface area contributed by atoms with Gasteiger partial charge in [-0.2, -0.15) is 0 Å². The molecule has 5 aliphatic carbocycles. The van der Waals surface area contributed by atoms with Crippen molar-refractivity contribution in [2.75, 3.05) is 0 Å². The second-order valence-corrected chi connectivity index (χ2v) is 20.2. The number of carbonyl (C=O) groups is 3. The number of nitrogens with zero attached hydrogens (tertiary/aromatic N) is 1. The van der Waals surface area contributed by atoms with Crippen molar-refractivity contribution in [3.05, 3.63) is 54.2 Å².